The summed E-state index contributed by atoms with van der Waals surface area (Å²) >= 11 is 0. The Balaban J connectivity index is 1.26. The van der Waals surface area contributed by atoms with Crippen molar-refractivity contribution in [3.05, 3.63) is 59.2 Å². The number of ether oxygens (including phenoxy) is 1. The van der Waals surface area contributed by atoms with Crippen LogP contribution in [0.1, 0.15) is 56.2 Å². The van der Waals surface area contributed by atoms with Crippen LogP contribution in [0.3, 0.4) is 0 Å². The second-order valence-electron chi connectivity index (χ2n) is 8.67. The maximum Gasteiger partial charge on any atom is 0.261 e. The maximum absolute atomic E-state index is 12.7. The van der Waals surface area contributed by atoms with Crippen LogP contribution in [0, 0.1) is 0 Å². The monoisotopic (exact) mass is 406 g/mol. The molecule has 2 aromatic rings. The van der Waals surface area contributed by atoms with Crippen molar-refractivity contribution >= 4 is 11.6 Å². The van der Waals surface area contributed by atoms with E-state index in [1.807, 2.05) is 13.0 Å². The Morgan fingerprint density at radius 2 is 1.93 bits per heavy atom. The van der Waals surface area contributed by atoms with Crippen LogP contribution in [0.5, 0.6) is 5.75 Å². The van der Waals surface area contributed by atoms with Crippen molar-refractivity contribution in [2.45, 2.75) is 70.9 Å². The molecule has 1 N–H and O–H groups in total. The first-order chi connectivity index (χ1) is 14.7. The van der Waals surface area contributed by atoms with Gasteiger partial charge in [-0.25, -0.2) is 0 Å². The summed E-state index contributed by atoms with van der Waals surface area (Å²) in [7, 11) is 0. The average Bonchev–Trinajstić information content (AvgIpc) is 3.09. The molecular weight excluding hydrogens is 372 g/mol. The fraction of sp³-hybridized carbons (Fsp3) is 0.500. The van der Waals surface area contributed by atoms with Crippen molar-refractivity contribution in [3.63, 3.8) is 0 Å². The number of nitrogens with one attached hydrogen (secondary N) is 1. The first kappa shape index (κ1) is 20.8. The molecule has 4 rings (SSSR count). The fourth-order valence-corrected chi connectivity index (χ4v) is 4.81. The molecule has 0 bridgehead atoms. The summed E-state index contributed by atoms with van der Waals surface area (Å²) in [5.74, 6) is 0.810. The highest BCUT2D eigenvalue weighted by molar-refractivity contribution is 5.81. The quantitative estimate of drug-likeness (QED) is 0.647. The molecule has 0 aromatic heterocycles. The minimum atomic E-state index is -0.432. The zero-order valence-corrected chi connectivity index (χ0v) is 18.3. The van der Waals surface area contributed by atoms with Crippen molar-refractivity contribution in [2.75, 3.05) is 18.0 Å². The molecule has 0 unspecified atom stereocenters. The van der Waals surface area contributed by atoms with E-state index in [-0.39, 0.29) is 5.91 Å². The van der Waals surface area contributed by atoms with Gasteiger partial charge in [0.2, 0.25) is 0 Å². The number of amides is 1. The van der Waals surface area contributed by atoms with Crippen molar-refractivity contribution in [3.8, 4) is 5.75 Å². The second-order valence-corrected chi connectivity index (χ2v) is 8.67. The average molecular weight is 407 g/mol. The number of anilines is 1. The minimum Gasteiger partial charge on any atom is -0.481 e. The van der Waals surface area contributed by atoms with Crippen molar-refractivity contribution < 1.29 is 9.53 Å². The number of aryl methyl sites for hydroxylation is 2. The molecule has 30 heavy (non-hydrogen) atoms. The number of rotatable bonds is 8. The third-order valence-corrected chi connectivity index (χ3v) is 6.48. The van der Waals surface area contributed by atoms with Crippen LogP contribution in [0.2, 0.25) is 0 Å². The van der Waals surface area contributed by atoms with E-state index >= 15 is 0 Å². The largest absolute Gasteiger partial charge is 0.481 e. The predicted octanol–water partition coefficient (Wildman–Crippen LogP) is 4.68. The van der Waals surface area contributed by atoms with Crippen LogP contribution < -0.4 is 15.0 Å². The lowest BCUT2D eigenvalue weighted by Gasteiger charge is -2.25. The SMILES string of the molecule is CC[C@@H](Oc1ccc2c(c1)CCCC2)C(=O)NCCCN1c2ccccc2C[C@H]1C. The molecule has 2 aromatic carbocycles. The van der Waals surface area contributed by atoms with Crippen LogP contribution in [-0.4, -0.2) is 31.1 Å². The van der Waals surface area contributed by atoms with Gasteiger partial charge in [0, 0.05) is 24.8 Å². The minimum absolute atomic E-state index is 0.00917. The number of para-hydroxylation sites is 1. The highest BCUT2D eigenvalue weighted by atomic mass is 16.5. The topological polar surface area (TPSA) is 41.6 Å². The molecular formula is C26H34N2O2. The van der Waals surface area contributed by atoms with Gasteiger partial charge in [-0.1, -0.05) is 31.2 Å². The first-order valence-electron chi connectivity index (χ1n) is 11.6. The molecule has 0 saturated heterocycles. The Bertz CT molecular complexity index is 879. The highest BCUT2D eigenvalue weighted by Crippen LogP contribution is 2.31. The maximum atomic E-state index is 12.7. The van der Waals surface area contributed by atoms with Gasteiger partial charge < -0.3 is 15.0 Å². The van der Waals surface area contributed by atoms with Gasteiger partial charge >= 0.3 is 0 Å². The lowest BCUT2D eigenvalue weighted by Crippen LogP contribution is -2.39. The molecule has 160 valence electrons. The fourth-order valence-electron chi connectivity index (χ4n) is 4.81. The van der Waals surface area contributed by atoms with Crippen molar-refractivity contribution in [2.24, 2.45) is 0 Å². The number of hydrogen-bond acceptors (Lipinski definition) is 3. The van der Waals surface area contributed by atoms with Crippen LogP contribution >= 0.6 is 0 Å². The Morgan fingerprint density at radius 1 is 1.13 bits per heavy atom. The molecule has 1 aliphatic heterocycles. The number of carbonyl (C=O) groups is 1. The van der Waals surface area contributed by atoms with E-state index in [0.29, 0.717) is 19.0 Å². The van der Waals surface area contributed by atoms with E-state index in [1.165, 1.54) is 35.2 Å². The Labute approximate surface area is 180 Å². The van der Waals surface area contributed by atoms with E-state index < -0.39 is 6.10 Å². The highest BCUT2D eigenvalue weighted by Gasteiger charge is 2.25. The summed E-state index contributed by atoms with van der Waals surface area (Å²) in [5, 5.41) is 3.09. The zero-order valence-electron chi connectivity index (χ0n) is 18.3. The first-order valence-corrected chi connectivity index (χ1v) is 11.6. The van der Waals surface area contributed by atoms with Crippen LogP contribution in [0.25, 0.3) is 0 Å². The summed E-state index contributed by atoms with van der Waals surface area (Å²) in [6.45, 7) is 5.92. The molecule has 1 amide bonds. The summed E-state index contributed by atoms with van der Waals surface area (Å²) in [6.07, 6.45) is 7.07. The van der Waals surface area contributed by atoms with Gasteiger partial charge in [-0.15, -0.1) is 0 Å². The van der Waals surface area contributed by atoms with Gasteiger partial charge in [-0.2, -0.15) is 0 Å². The van der Waals surface area contributed by atoms with E-state index in [2.05, 4.69) is 53.5 Å². The summed E-state index contributed by atoms with van der Waals surface area (Å²) in [6, 6.07) is 15.5. The molecule has 2 aliphatic rings. The number of hydrogen-bond donors (Lipinski definition) is 1. The van der Waals surface area contributed by atoms with Crippen LogP contribution in [-0.2, 0) is 24.1 Å². The van der Waals surface area contributed by atoms with Gasteiger partial charge in [0.1, 0.15) is 5.75 Å². The Morgan fingerprint density at radius 3 is 2.77 bits per heavy atom. The van der Waals surface area contributed by atoms with E-state index in [0.717, 1.165) is 38.0 Å². The lowest BCUT2D eigenvalue weighted by atomic mass is 9.92. The predicted molar refractivity (Wildman–Crippen MR) is 122 cm³/mol. The molecule has 2 atom stereocenters. The number of benzene rings is 2. The van der Waals surface area contributed by atoms with Gasteiger partial charge in [0.15, 0.2) is 6.10 Å². The molecule has 1 aliphatic carbocycles. The van der Waals surface area contributed by atoms with Gasteiger partial charge in [0.05, 0.1) is 0 Å². The van der Waals surface area contributed by atoms with Gasteiger partial charge in [-0.05, 0) is 86.8 Å². The summed E-state index contributed by atoms with van der Waals surface area (Å²) in [5.41, 5.74) is 5.59. The van der Waals surface area contributed by atoms with Gasteiger partial charge in [-0.3, -0.25) is 4.79 Å². The Kier molecular flexibility index (Phi) is 6.61. The normalized spacial score (nSPS) is 18.5. The van der Waals surface area contributed by atoms with Crippen molar-refractivity contribution in [1.82, 2.24) is 5.32 Å². The van der Waals surface area contributed by atoms with Gasteiger partial charge in [0.25, 0.3) is 5.91 Å². The van der Waals surface area contributed by atoms with E-state index in [1.54, 1.807) is 0 Å². The van der Waals surface area contributed by atoms with E-state index in [9.17, 15) is 4.79 Å². The molecule has 4 nitrogen and oxygen atoms in total. The molecule has 0 saturated carbocycles. The third-order valence-electron chi connectivity index (χ3n) is 6.48. The molecule has 1 heterocycles. The number of fused-ring (bicyclic) bond motifs is 2. The molecule has 4 heteroatoms. The summed E-state index contributed by atoms with van der Waals surface area (Å²) in [4.78, 5) is 15.1. The number of nitrogens with zero attached hydrogens (tertiary/aromatic N) is 1. The lowest BCUT2D eigenvalue weighted by molar-refractivity contribution is -0.128. The second kappa shape index (κ2) is 9.55. The van der Waals surface area contributed by atoms with Crippen LogP contribution in [0.15, 0.2) is 42.5 Å². The standard InChI is InChI=1S/C26H34N2O2/c1-3-25(30-23-14-13-20-9-4-5-10-21(20)18-23)26(29)27-15-8-16-28-19(2)17-22-11-6-7-12-24(22)28/h6-7,11-14,18-19,25H,3-5,8-10,15-17H2,1-2H3,(H,27,29)/t19-,25-/m1/s1. The summed E-state index contributed by atoms with van der Waals surface area (Å²) < 4.78 is 6.06. The number of carbonyl (C=O) groups excluding carboxylic acids is 1. The zero-order chi connectivity index (χ0) is 20.9. The molecule has 0 radical (unpaired) electrons. The Hall–Kier alpha value is -2.49. The molecule has 0 fully saturated rings. The van der Waals surface area contributed by atoms with Crippen molar-refractivity contribution in [1.29, 1.82) is 0 Å². The van der Waals surface area contributed by atoms with E-state index in [4.69, 9.17) is 4.74 Å². The van der Waals surface area contributed by atoms with Crippen LogP contribution in [0.4, 0.5) is 5.69 Å². The smallest absolute Gasteiger partial charge is 0.261 e. The third kappa shape index (κ3) is 4.63. The molecule has 0 spiro atoms.